The molecular formula is C18H25F2N. The van der Waals surface area contributed by atoms with E-state index in [1.807, 2.05) is 0 Å². The van der Waals surface area contributed by atoms with E-state index >= 15 is 0 Å². The minimum atomic E-state index is -0.372. The lowest BCUT2D eigenvalue weighted by molar-refractivity contribution is 0.116. The average Bonchev–Trinajstić information content (AvgIpc) is 2.50. The van der Waals surface area contributed by atoms with Gasteiger partial charge >= 0.3 is 0 Å². The van der Waals surface area contributed by atoms with Gasteiger partial charge in [-0.2, -0.15) is 0 Å². The van der Waals surface area contributed by atoms with Crippen LogP contribution >= 0.6 is 0 Å². The highest BCUT2D eigenvalue weighted by molar-refractivity contribution is 5.28. The lowest BCUT2D eigenvalue weighted by atomic mass is 9.65. The summed E-state index contributed by atoms with van der Waals surface area (Å²) in [7, 11) is 0. The summed E-state index contributed by atoms with van der Waals surface area (Å²) in [6.07, 6.45) is 8.65. The molecule has 4 unspecified atom stereocenters. The average molecular weight is 293 g/mol. The Labute approximate surface area is 125 Å². The van der Waals surface area contributed by atoms with E-state index in [-0.39, 0.29) is 17.7 Å². The third-order valence-electron chi connectivity index (χ3n) is 5.73. The van der Waals surface area contributed by atoms with Gasteiger partial charge in [-0.3, -0.25) is 0 Å². The number of halogens is 2. The molecule has 2 aliphatic carbocycles. The van der Waals surface area contributed by atoms with Crippen LogP contribution < -0.4 is 5.73 Å². The molecule has 0 bridgehead atoms. The molecule has 1 aromatic rings. The van der Waals surface area contributed by atoms with E-state index in [1.54, 1.807) is 6.92 Å². The Morgan fingerprint density at radius 2 is 1.71 bits per heavy atom. The van der Waals surface area contributed by atoms with Crippen molar-refractivity contribution in [2.45, 2.75) is 57.9 Å². The molecule has 0 aromatic heterocycles. The number of rotatable bonds is 2. The van der Waals surface area contributed by atoms with E-state index < -0.39 is 0 Å². The molecule has 2 fully saturated rings. The van der Waals surface area contributed by atoms with Crippen molar-refractivity contribution in [2.24, 2.45) is 23.5 Å². The minimum absolute atomic E-state index is 0.293. The van der Waals surface area contributed by atoms with Crippen LogP contribution in [-0.2, 0) is 0 Å². The molecule has 3 rings (SSSR count). The number of hydrogen-bond acceptors (Lipinski definition) is 1. The van der Waals surface area contributed by atoms with Gasteiger partial charge in [-0.25, -0.2) is 8.78 Å². The quantitative estimate of drug-likeness (QED) is 0.826. The summed E-state index contributed by atoms with van der Waals surface area (Å²) in [5, 5.41) is 0. The predicted octanol–water partition coefficient (Wildman–Crippen LogP) is 4.88. The van der Waals surface area contributed by atoms with E-state index in [4.69, 9.17) is 5.73 Å². The van der Waals surface area contributed by atoms with Crippen molar-refractivity contribution in [3.8, 4) is 0 Å². The van der Waals surface area contributed by atoms with Crippen molar-refractivity contribution >= 4 is 0 Å². The fourth-order valence-corrected chi connectivity index (χ4v) is 4.41. The number of fused-ring (bicyclic) bond motifs is 1. The van der Waals surface area contributed by atoms with Crippen LogP contribution in [0.25, 0.3) is 0 Å². The van der Waals surface area contributed by atoms with Gasteiger partial charge in [0.2, 0.25) is 0 Å². The highest BCUT2D eigenvalue weighted by Gasteiger charge is 2.35. The number of hydrogen-bond donors (Lipinski definition) is 1. The van der Waals surface area contributed by atoms with Crippen LogP contribution in [0.15, 0.2) is 12.1 Å². The molecule has 0 spiro atoms. The molecule has 0 heterocycles. The van der Waals surface area contributed by atoms with Crippen LogP contribution in [0.2, 0.25) is 0 Å². The molecule has 2 saturated carbocycles. The van der Waals surface area contributed by atoms with Crippen LogP contribution in [-0.4, -0.2) is 0 Å². The minimum Gasteiger partial charge on any atom is -0.324 e. The first-order valence-electron chi connectivity index (χ1n) is 8.27. The molecule has 0 saturated heterocycles. The maximum absolute atomic E-state index is 14.1. The lowest BCUT2D eigenvalue weighted by Gasteiger charge is -2.41. The first kappa shape index (κ1) is 15.0. The topological polar surface area (TPSA) is 26.0 Å². The normalized spacial score (nSPS) is 30.8. The van der Waals surface area contributed by atoms with Gasteiger partial charge in [0.15, 0.2) is 0 Å². The van der Waals surface area contributed by atoms with Gasteiger partial charge in [0.05, 0.1) is 0 Å². The summed E-state index contributed by atoms with van der Waals surface area (Å²) in [5.74, 6) is 1.19. The third-order valence-corrected chi connectivity index (χ3v) is 5.73. The Hall–Kier alpha value is -0.960. The van der Waals surface area contributed by atoms with Crippen molar-refractivity contribution in [1.82, 2.24) is 0 Å². The van der Waals surface area contributed by atoms with Crippen molar-refractivity contribution in [3.63, 3.8) is 0 Å². The lowest BCUT2D eigenvalue weighted by Crippen LogP contribution is -2.33. The number of nitrogens with two attached hydrogens (primary N) is 1. The van der Waals surface area contributed by atoms with Gasteiger partial charge in [-0.15, -0.1) is 0 Å². The van der Waals surface area contributed by atoms with Gasteiger partial charge in [-0.05, 0) is 61.6 Å². The number of aryl methyl sites for hydroxylation is 1. The van der Waals surface area contributed by atoms with Crippen LogP contribution in [0.5, 0.6) is 0 Å². The molecular weight excluding hydrogens is 268 g/mol. The van der Waals surface area contributed by atoms with E-state index in [1.165, 1.54) is 44.2 Å². The maximum atomic E-state index is 14.1. The van der Waals surface area contributed by atoms with Crippen LogP contribution in [0, 0.1) is 36.3 Å². The van der Waals surface area contributed by atoms with Crippen LogP contribution in [0.3, 0.4) is 0 Å². The summed E-state index contributed by atoms with van der Waals surface area (Å²) in [4.78, 5) is 0. The van der Waals surface area contributed by atoms with Gasteiger partial charge in [0.25, 0.3) is 0 Å². The van der Waals surface area contributed by atoms with Crippen molar-refractivity contribution < 1.29 is 8.78 Å². The first-order valence-corrected chi connectivity index (χ1v) is 8.27. The number of benzene rings is 1. The molecule has 1 nitrogen and oxygen atoms in total. The van der Waals surface area contributed by atoms with Crippen LogP contribution in [0.1, 0.15) is 62.1 Å². The molecule has 21 heavy (non-hydrogen) atoms. The summed E-state index contributed by atoms with van der Waals surface area (Å²) >= 11 is 0. The fourth-order valence-electron chi connectivity index (χ4n) is 4.41. The van der Waals surface area contributed by atoms with E-state index in [0.717, 1.165) is 24.7 Å². The molecule has 0 radical (unpaired) electrons. The van der Waals surface area contributed by atoms with Gasteiger partial charge in [0, 0.05) is 11.6 Å². The highest BCUT2D eigenvalue weighted by Crippen LogP contribution is 2.45. The van der Waals surface area contributed by atoms with E-state index in [9.17, 15) is 8.78 Å². The van der Waals surface area contributed by atoms with Crippen molar-refractivity contribution in [1.29, 1.82) is 0 Å². The summed E-state index contributed by atoms with van der Waals surface area (Å²) in [6.45, 7) is 1.58. The SMILES string of the molecule is Cc1cc(F)c(C(N)C2CCC3CCCCC3C2)cc1F. The van der Waals surface area contributed by atoms with Crippen molar-refractivity contribution in [2.75, 3.05) is 0 Å². The second-order valence-electron chi connectivity index (χ2n) is 7.03. The monoisotopic (exact) mass is 293 g/mol. The summed E-state index contributed by atoms with van der Waals surface area (Å²) in [5.41, 5.74) is 7.01. The molecule has 0 aliphatic heterocycles. The molecule has 1 aromatic carbocycles. The Morgan fingerprint density at radius 3 is 2.48 bits per heavy atom. The zero-order valence-corrected chi connectivity index (χ0v) is 12.7. The molecule has 2 N–H and O–H groups in total. The van der Waals surface area contributed by atoms with Crippen molar-refractivity contribution in [3.05, 3.63) is 34.9 Å². The van der Waals surface area contributed by atoms with E-state index in [0.29, 0.717) is 17.0 Å². The third kappa shape index (κ3) is 2.98. The zero-order chi connectivity index (χ0) is 15.0. The Balaban J connectivity index is 1.76. The largest absolute Gasteiger partial charge is 0.324 e. The second kappa shape index (κ2) is 6.04. The molecule has 116 valence electrons. The standard InChI is InChI=1S/C18H25F2N/c1-11-8-17(20)15(10-16(11)19)18(21)14-7-6-12-4-2-3-5-13(12)9-14/h8,10,12-14,18H,2-7,9,21H2,1H3. The van der Waals surface area contributed by atoms with E-state index in [2.05, 4.69) is 0 Å². The first-order chi connectivity index (χ1) is 10.1. The molecule has 4 atom stereocenters. The molecule has 2 aliphatic rings. The van der Waals surface area contributed by atoms with Gasteiger partial charge in [-0.1, -0.05) is 25.7 Å². The highest BCUT2D eigenvalue weighted by atomic mass is 19.1. The van der Waals surface area contributed by atoms with Gasteiger partial charge in [0.1, 0.15) is 11.6 Å². The summed E-state index contributed by atoms with van der Waals surface area (Å²) < 4.78 is 27.9. The Kier molecular flexibility index (Phi) is 4.30. The smallest absolute Gasteiger partial charge is 0.128 e. The zero-order valence-electron chi connectivity index (χ0n) is 12.7. The fraction of sp³-hybridized carbons (Fsp3) is 0.667. The molecule has 3 heteroatoms. The second-order valence-corrected chi connectivity index (χ2v) is 7.03. The maximum Gasteiger partial charge on any atom is 0.128 e. The summed E-state index contributed by atoms with van der Waals surface area (Å²) in [6, 6.07) is 2.21. The molecule has 0 amide bonds. The Morgan fingerprint density at radius 1 is 1.00 bits per heavy atom. The van der Waals surface area contributed by atoms with Crippen LogP contribution in [0.4, 0.5) is 8.78 Å². The Bertz CT molecular complexity index is 514. The predicted molar refractivity (Wildman–Crippen MR) is 80.8 cm³/mol. The van der Waals surface area contributed by atoms with Gasteiger partial charge < -0.3 is 5.73 Å².